The van der Waals surface area contributed by atoms with Crippen LogP contribution >= 0.6 is 11.8 Å². The molecule has 1 saturated heterocycles. The maximum absolute atomic E-state index is 5.48. The molecule has 3 atom stereocenters. The minimum absolute atomic E-state index is 0.446. The SMILES string of the molecule is COC1CCCC1NCC1CSCCN1. The van der Waals surface area contributed by atoms with E-state index in [1.165, 1.54) is 30.8 Å². The maximum Gasteiger partial charge on any atom is 0.0724 e. The van der Waals surface area contributed by atoms with Crippen LogP contribution in [0.25, 0.3) is 0 Å². The molecule has 15 heavy (non-hydrogen) atoms. The highest BCUT2D eigenvalue weighted by molar-refractivity contribution is 7.99. The summed E-state index contributed by atoms with van der Waals surface area (Å²) in [5.74, 6) is 2.51. The predicted octanol–water partition coefficient (Wildman–Crippen LogP) is 0.848. The quantitative estimate of drug-likeness (QED) is 0.750. The average molecular weight is 230 g/mol. The highest BCUT2D eigenvalue weighted by atomic mass is 32.2. The van der Waals surface area contributed by atoms with Crippen LogP contribution in [0.2, 0.25) is 0 Å². The first-order chi connectivity index (χ1) is 7.40. The zero-order valence-corrected chi connectivity index (χ0v) is 10.3. The van der Waals surface area contributed by atoms with Gasteiger partial charge in [0.05, 0.1) is 6.10 Å². The van der Waals surface area contributed by atoms with E-state index in [0.29, 0.717) is 18.2 Å². The van der Waals surface area contributed by atoms with Crippen LogP contribution < -0.4 is 10.6 Å². The van der Waals surface area contributed by atoms with Gasteiger partial charge in [0.1, 0.15) is 0 Å². The van der Waals surface area contributed by atoms with E-state index in [0.717, 1.165) is 13.1 Å². The van der Waals surface area contributed by atoms with Gasteiger partial charge in [-0.3, -0.25) is 0 Å². The number of methoxy groups -OCH3 is 1. The van der Waals surface area contributed by atoms with Crippen molar-refractivity contribution in [2.24, 2.45) is 0 Å². The highest BCUT2D eigenvalue weighted by Crippen LogP contribution is 2.21. The molecule has 2 aliphatic rings. The molecule has 1 aliphatic carbocycles. The van der Waals surface area contributed by atoms with Gasteiger partial charge in [-0.2, -0.15) is 11.8 Å². The predicted molar refractivity (Wildman–Crippen MR) is 65.6 cm³/mol. The van der Waals surface area contributed by atoms with Crippen LogP contribution in [0.5, 0.6) is 0 Å². The van der Waals surface area contributed by atoms with Gasteiger partial charge in [-0.05, 0) is 19.3 Å². The lowest BCUT2D eigenvalue weighted by Gasteiger charge is -2.26. The number of thioether (sulfide) groups is 1. The second kappa shape index (κ2) is 6.09. The van der Waals surface area contributed by atoms with Crippen LogP contribution in [0.1, 0.15) is 19.3 Å². The molecule has 2 N–H and O–H groups in total. The Balaban J connectivity index is 1.67. The summed E-state index contributed by atoms with van der Waals surface area (Å²) in [5.41, 5.74) is 0. The summed E-state index contributed by atoms with van der Waals surface area (Å²) in [6.45, 7) is 2.26. The Kier molecular flexibility index (Phi) is 4.75. The molecular weight excluding hydrogens is 208 g/mol. The maximum atomic E-state index is 5.48. The third-order valence-electron chi connectivity index (χ3n) is 3.38. The molecule has 3 nitrogen and oxygen atoms in total. The Hall–Kier alpha value is 0.230. The number of rotatable bonds is 4. The van der Waals surface area contributed by atoms with Gasteiger partial charge in [-0.25, -0.2) is 0 Å². The first-order valence-electron chi connectivity index (χ1n) is 5.97. The van der Waals surface area contributed by atoms with Gasteiger partial charge in [-0.1, -0.05) is 0 Å². The Bertz CT molecular complexity index is 185. The summed E-state index contributed by atoms with van der Waals surface area (Å²) in [7, 11) is 1.83. The van der Waals surface area contributed by atoms with Crippen molar-refractivity contribution in [3.63, 3.8) is 0 Å². The van der Waals surface area contributed by atoms with Gasteiger partial charge in [0, 0.05) is 43.8 Å². The first kappa shape index (κ1) is 11.7. The second-order valence-corrected chi connectivity index (χ2v) is 5.60. The summed E-state index contributed by atoms with van der Waals surface area (Å²) < 4.78 is 5.48. The number of nitrogens with one attached hydrogen (secondary N) is 2. The van der Waals surface area contributed by atoms with Crippen LogP contribution in [0.3, 0.4) is 0 Å². The van der Waals surface area contributed by atoms with Crippen molar-refractivity contribution in [2.45, 2.75) is 37.5 Å². The van der Waals surface area contributed by atoms with Crippen LogP contribution in [-0.4, -0.2) is 49.9 Å². The number of ether oxygens (including phenoxy) is 1. The molecule has 0 spiro atoms. The summed E-state index contributed by atoms with van der Waals surface area (Å²) in [6, 6.07) is 1.24. The topological polar surface area (TPSA) is 33.3 Å². The third kappa shape index (κ3) is 3.34. The van der Waals surface area contributed by atoms with Crippen molar-refractivity contribution < 1.29 is 4.74 Å². The smallest absolute Gasteiger partial charge is 0.0724 e. The van der Waals surface area contributed by atoms with Crippen molar-refractivity contribution in [2.75, 3.05) is 31.7 Å². The van der Waals surface area contributed by atoms with Gasteiger partial charge in [0.15, 0.2) is 0 Å². The van der Waals surface area contributed by atoms with E-state index in [2.05, 4.69) is 22.4 Å². The highest BCUT2D eigenvalue weighted by Gasteiger charge is 2.27. The van der Waals surface area contributed by atoms with Crippen LogP contribution in [0, 0.1) is 0 Å². The fourth-order valence-electron chi connectivity index (χ4n) is 2.49. The van der Waals surface area contributed by atoms with Crippen molar-refractivity contribution in [1.82, 2.24) is 10.6 Å². The Morgan fingerprint density at radius 1 is 1.47 bits per heavy atom. The monoisotopic (exact) mass is 230 g/mol. The van der Waals surface area contributed by atoms with E-state index in [1.54, 1.807) is 0 Å². The Morgan fingerprint density at radius 3 is 3.13 bits per heavy atom. The van der Waals surface area contributed by atoms with Crippen LogP contribution in [-0.2, 0) is 4.74 Å². The molecule has 0 aromatic heterocycles. The Morgan fingerprint density at radius 2 is 2.40 bits per heavy atom. The van der Waals surface area contributed by atoms with Crippen LogP contribution in [0.15, 0.2) is 0 Å². The van der Waals surface area contributed by atoms with E-state index in [1.807, 2.05) is 7.11 Å². The minimum Gasteiger partial charge on any atom is -0.380 e. The molecule has 1 heterocycles. The number of hydrogen-bond acceptors (Lipinski definition) is 4. The molecule has 0 radical (unpaired) electrons. The fourth-order valence-corrected chi connectivity index (χ4v) is 3.44. The van der Waals surface area contributed by atoms with Gasteiger partial charge in [-0.15, -0.1) is 0 Å². The molecule has 88 valence electrons. The molecule has 4 heteroatoms. The normalized spacial score (nSPS) is 37.0. The number of hydrogen-bond donors (Lipinski definition) is 2. The van der Waals surface area contributed by atoms with E-state index in [4.69, 9.17) is 4.74 Å². The van der Waals surface area contributed by atoms with Gasteiger partial charge in [0.25, 0.3) is 0 Å². The first-order valence-corrected chi connectivity index (χ1v) is 7.13. The van der Waals surface area contributed by atoms with Crippen molar-refractivity contribution in [3.05, 3.63) is 0 Å². The standard InChI is InChI=1S/C11H22N2OS/c1-14-11-4-2-3-10(11)13-7-9-8-15-6-5-12-9/h9-13H,2-8H2,1H3. The summed E-state index contributed by atoms with van der Waals surface area (Å²) in [6.07, 6.45) is 4.25. The van der Waals surface area contributed by atoms with Gasteiger partial charge >= 0.3 is 0 Å². The zero-order valence-electron chi connectivity index (χ0n) is 9.50. The molecule has 1 saturated carbocycles. The molecule has 0 aromatic carbocycles. The van der Waals surface area contributed by atoms with Gasteiger partial charge in [0.2, 0.25) is 0 Å². The minimum atomic E-state index is 0.446. The zero-order chi connectivity index (χ0) is 10.5. The lowest BCUT2D eigenvalue weighted by molar-refractivity contribution is 0.0846. The van der Waals surface area contributed by atoms with E-state index >= 15 is 0 Å². The molecule has 2 rings (SSSR count). The molecule has 3 unspecified atom stereocenters. The molecule has 0 bridgehead atoms. The van der Waals surface area contributed by atoms with Crippen molar-refractivity contribution >= 4 is 11.8 Å². The second-order valence-electron chi connectivity index (χ2n) is 4.45. The van der Waals surface area contributed by atoms with E-state index in [-0.39, 0.29) is 0 Å². The van der Waals surface area contributed by atoms with E-state index < -0.39 is 0 Å². The van der Waals surface area contributed by atoms with Crippen molar-refractivity contribution in [1.29, 1.82) is 0 Å². The molecule has 0 aromatic rings. The summed E-state index contributed by atoms with van der Waals surface area (Å²) in [4.78, 5) is 0. The molecular formula is C11H22N2OS. The lowest BCUT2D eigenvalue weighted by Crippen LogP contribution is -2.48. The average Bonchev–Trinajstić information content (AvgIpc) is 2.75. The summed E-state index contributed by atoms with van der Waals surface area (Å²) >= 11 is 2.06. The Labute approximate surface area is 96.7 Å². The van der Waals surface area contributed by atoms with Gasteiger partial charge < -0.3 is 15.4 Å². The summed E-state index contributed by atoms with van der Waals surface area (Å²) in [5, 5.41) is 7.20. The largest absolute Gasteiger partial charge is 0.380 e. The molecule has 2 fully saturated rings. The van der Waals surface area contributed by atoms with Crippen LogP contribution in [0.4, 0.5) is 0 Å². The third-order valence-corrected chi connectivity index (χ3v) is 4.51. The fraction of sp³-hybridized carbons (Fsp3) is 1.00. The molecule has 0 amide bonds. The van der Waals surface area contributed by atoms with Crippen molar-refractivity contribution in [3.8, 4) is 0 Å². The molecule has 1 aliphatic heterocycles. The van der Waals surface area contributed by atoms with E-state index in [9.17, 15) is 0 Å². The lowest BCUT2D eigenvalue weighted by atomic mass is 10.2.